The lowest BCUT2D eigenvalue weighted by Crippen LogP contribution is -2.51. The second-order valence-corrected chi connectivity index (χ2v) is 8.34. The first-order chi connectivity index (χ1) is 16.6. The summed E-state index contributed by atoms with van der Waals surface area (Å²) in [5.74, 6) is 1.48. The molecule has 0 aliphatic carbocycles. The summed E-state index contributed by atoms with van der Waals surface area (Å²) in [5, 5.41) is 8.59. The van der Waals surface area contributed by atoms with Crippen molar-refractivity contribution in [2.24, 2.45) is 0 Å². The van der Waals surface area contributed by atoms with Crippen LogP contribution in [0, 0.1) is 6.92 Å². The number of ether oxygens (including phenoxy) is 1. The van der Waals surface area contributed by atoms with Crippen LogP contribution in [0.5, 0.6) is 5.75 Å². The zero-order valence-corrected chi connectivity index (χ0v) is 19.5. The third-order valence-electron chi connectivity index (χ3n) is 6.04. The molecule has 4 aromatic rings. The molecule has 1 aliphatic heterocycles. The number of hydrogen-bond acceptors (Lipinski definition) is 5. The van der Waals surface area contributed by atoms with Crippen molar-refractivity contribution in [2.45, 2.75) is 20.4 Å². The molecule has 2 N–H and O–H groups in total. The number of H-pyrrole nitrogens is 1. The normalized spacial score (nSPS) is 13.9. The van der Waals surface area contributed by atoms with Gasteiger partial charge in [-0.05, 0) is 43.5 Å². The maximum absolute atomic E-state index is 12.7. The topological polar surface area (TPSA) is 91.3 Å². The number of hydrogen-bond donors (Lipinski definition) is 2. The first-order valence-electron chi connectivity index (χ1n) is 11.6. The quantitative estimate of drug-likeness (QED) is 0.461. The molecule has 1 fully saturated rings. The monoisotopic (exact) mass is 459 g/mol. The highest BCUT2D eigenvalue weighted by atomic mass is 16.5. The van der Waals surface area contributed by atoms with Crippen LogP contribution in [-0.2, 0) is 6.54 Å². The van der Waals surface area contributed by atoms with E-state index in [4.69, 9.17) is 4.74 Å². The minimum atomic E-state index is -0.0368. The number of amides is 2. The van der Waals surface area contributed by atoms with E-state index < -0.39 is 0 Å². The van der Waals surface area contributed by atoms with E-state index in [-0.39, 0.29) is 6.03 Å². The average Bonchev–Trinajstić information content (AvgIpc) is 3.48. The summed E-state index contributed by atoms with van der Waals surface area (Å²) in [7, 11) is 0. The van der Waals surface area contributed by atoms with Crippen molar-refractivity contribution < 1.29 is 9.53 Å². The van der Waals surface area contributed by atoms with Crippen LogP contribution in [0.4, 0.5) is 10.5 Å². The minimum Gasteiger partial charge on any atom is -0.492 e. The second kappa shape index (κ2) is 9.46. The Kier molecular flexibility index (Phi) is 6.07. The van der Waals surface area contributed by atoms with Gasteiger partial charge in [0, 0.05) is 49.1 Å². The third-order valence-corrected chi connectivity index (χ3v) is 6.04. The first-order valence-corrected chi connectivity index (χ1v) is 11.6. The van der Waals surface area contributed by atoms with Crippen molar-refractivity contribution in [1.29, 1.82) is 0 Å². The summed E-state index contributed by atoms with van der Waals surface area (Å²) >= 11 is 0. The SMILES string of the molecule is CCOc1cc(N2CCN(C(=O)NCc3cc4ccccc4[nH]3)CC2)ccc1-n1cnc(C)n1. The molecular formula is C25H29N7O2. The summed E-state index contributed by atoms with van der Waals surface area (Å²) in [5.41, 5.74) is 4.01. The van der Waals surface area contributed by atoms with Crippen LogP contribution in [0.1, 0.15) is 18.4 Å². The van der Waals surface area contributed by atoms with Crippen molar-refractivity contribution in [1.82, 2.24) is 30.0 Å². The van der Waals surface area contributed by atoms with Crippen LogP contribution in [0.3, 0.4) is 0 Å². The number of anilines is 1. The summed E-state index contributed by atoms with van der Waals surface area (Å²) < 4.78 is 7.63. The van der Waals surface area contributed by atoms with Crippen LogP contribution in [-0.4, -0.2) is 63.5 Å². The number of fused-ring (bicyclic) bond motifs is 1. The van der Waals surface area contributed by atoms with Crippen LogP contribution in [0.15, 0.2) is 54.9 Å². The van der Waals surface area contributed by atoms with E-state index in [1.165, 1.54) is 0 Å². The van der Waals surface area contributed by atoms with Gasteiger partial charge in [-0.1, -0.05) is 18.2 Å². The molecule has 3 heterocycles. The number of nitrogens with zero attached hydrogens (tertiary/aromatic N) is 5. The molecule has 0 bridgehead atoms. The molecule has 1 saturated heterocycles. The summed E-state index contributed by atoms with van der Waals surface area (Å²) in [4.78, 5) is 24.4. The Bertz CT molecular complexity index is 1250. The number of piperazine rings is 1. The molecular weight excluding hydrogens is 430 g/mol. The molecule has 0 unspecified atom stereocenters. The number of aromatic amines is 1. The van der Waals surface area contributed by atoms with Gasteiger partial charge in [0.05, 0.1) is 13.2 Å². The van der Waals surface area contributed by atoms with Gasteiger partial charge < -0.3 is 24.8 Å². The predicted octanol–water partition coefficient (Wildman–Crippen LogP) is 3.49. The third kappa shape index (κ3) is 4.54. The first kappa shape index (κ1) is 21.8. The van der Waals surface area contributed by atoms with Gasteiger partial charge in [-0.25, -0.2) is 14.5 Å². The smallest absolute Gasteiger partial charge is 0.317 e. The molecule has 2 aromatic heterocycles. The standard InChI is InChI=1S/C25H29N7O2/c1-3-34-24-15-21(8-9-23(24)32-17-27-18(2)29-32)30-10-12-31(13-11-30)25(33)26-16-20-14-19-6-4-5-7-22(19)28-20/h4-9,14-15,17,28H,3,10-13,16H2,1-2H3,(H,26,33). The molecule has 2 amide bonds. The molecule has 34 heavy (non-hydrogen) atoms. The maximum atomic E-state index is 12.7. The molecule has 176 valence electrons. The lowest BCUT2D eigenvalue weighted by atomic mass is 10.2. The van der Waals surface area contributed by atoms with Crippen LogP contribution in [0.25, 0.3) is 16.6 Å². The van der Waals surface area contributed by atoms with Crippen LogP contribution >= 0.6 is 0 Å². The van der Waals surface area contributed by atoms with E-state index in [2.05, 4.69) is 43.5 Å². The number of aromatic nitrogens is 4. The Hall–Kier alpha value is -4.01. The molecule has 0 saturated carbocycles. The highest BCUT2D eigenvalue weighted by molar-refractivity contribution is 5.80. The molecule has 0 atom stereocenters. The Morgan fingerprint density at radius 3 is 2.68 bits per heavy atom. The lowest BCUT2D eigenvalue weighted by molar-refractivity contribution is 0.194. The number of nitrogens with one attached hydrogen (secondary N) is 2. The van der Waals surface area contributed by atoms with Gasteiger partial charge >= 0.3 is 6.03 Å². The number of aryl methyl sites for hydroxylation is 1. The van der Waals surface area contributed by atoms with E-state index in [9.17, 15) is 4.79 Å². The van der Waals surface area contributed by atoms with Crippen LogP contribution in [0.2, 0.25) is 0 Å². The molecule has 2 aromatic carbocycles. The van der Waals surface area contributed by atoms with Gasteiger partial charge in [-0.2, -0.15) is 5.10 Å². The fraction of sp³-hybridized carbons (Fsp3) is 0.320. The number of rotatable bonds is 6. The highest BCUT2D eigenvalue weighted by Crippen LogP contribution is 2.29. The molecule has 0 spiro atoms. The van der Waals surface area contributed by atoms with Gasteiger partial charge in [-0.3, -0.25) is 0 Å². The van der Waals surface area contributed by atoms with Crippen LogP contribution < -0.4 is 15.0 Å². The van der Waals surface area contributed by atoms with Gasteiger partial charge in [-0.15, -0.1) is 0 Å². The van der Waals surface area contributed by atoms with Crippen molar-refractivity contribution in [2.75, 3.05) is 37.7 Å². The molecule has 5 rings (SSSR count). The zero-order valence-electron chi connectivity index (χ0n) is 19.5. The van der Waals surface area contributed by atoms with Crippen molar-refractivity contribution in [3.8, 4) is 11.4 Å². The Morgan fingerprint density at radius 2 is 1.94 bits per heavy atom. The number of para-hydroxylation sites is 1. The maximum Gasteiger partial charge on any atom is 0.317 e. The fourth-order valence-corrected chi connectivity index (χ4v) is 4.30. The molecule has 9 nitrogen and oxygen atoms in total. The van der Waals surface area contributed by atoms with E-state index in [1.54, 1.807) is 11.0 Å². The summed E-state index contributed by atoms with van der Waals surface area (Å²) in [6.07, 6.45) is 1.69. The Morgan fingerprint density at radius 1 is 1.12 bits per heavy atom. The van der Waals surface area contributed by atoms with Crippen molar-refractivity contribution in [3.63, 3.8) is 0 Å². The minimum absolute atomic E-state index is 0.0368. The van der Waals surface area contributed by atoms with E-state index >= 15 is 0 Å². The highest BCUT2D eigenvalue weighted by Gasteiger charge is 2.22. The second-order valence-electron chi connectivity index (χ2n) is 8.34. The fourth-order valence-electron chi connectivity index (χ4n) is 4.30. The average molecular weight is 460 g/mol. The van der Waals surface area contributed by atoms with Gasteiger partial charge in [0.25, 0.3) is 0 Å². The molecule has 0 radical (unpaired) electrons. The Labute approximate surface area is 198 Å². The zero-order chi connectivity index (χ0) is 23.5. The number of carbonyl (C=O) groups is 1. The van der Waals surface area contributed by atoms with Gasteiger partial charge in [0.2, 0.25) is 0 Å². The molecule has 9 heteroatoms. The van der Waals surface area contributed by atoms with E-state index in [1.807, 2.05) is 49.1 Å². The van der Waals surface area contributed by atoms with Crippen molar-refractivity contribution >= 4 is 22.6 Å². The number of urea groups is 1. The number of benzene rings is 2. The Balaban J connectivity index is 1.19. The van der Waals surface area contributed by atoms with Gasteiger partial charge in [0.1, 0.15) is 23.6 Å². The van der Waals surface area contributed by atoms with E-state index in [0.717, 1.165) is 46.8 Å². The predicted molar refractivity (Wildman–Crippen MR) is 132 cm³/mol. The van der Waals surface area contributed by atoms with E-state index in [0.29, 0.717) is 32.1 Å². The summed E-state index contributed by atoms with van der Waals surface area (Å²) in [6.45, 7) is 7.71. The largest absolute Gasteiger partial charge is 0.492 e. The number of carbonyl (C=O) groups excluding carboxylic acids is 1. The molecule has 1 aliphatic rings. The summed E-state index contributed by atoms with van der Waals surface area (Å²) in [6, 6.07) is 16.3. The van der Waals surface area contributed by atoms with Crippen molar-refractivity contribution in [3.05, 3.63) is 66.4 Å². The van der Waals surface area contributed by atoms with Gasteiger partial charge in [0.15, 0.2) is 0 Å². The lowest BCUT2D eigenvalue weighted by Gasteiger charge is -2.36.